The van der Waals surface area contributed by atoms with Crippen molar-refractivity contribution >= 4 is 55.4 Å². The number of likely N-dealkylation sites (tertiary alicyclic amines) is 1. The van der Waals surface area contributed by atoms with E-state index in [1.807, 2.05) is 61.7 Å². The summed E-state index contributed by atoms with van der Waals surface area (Å²) in [7, 11) is -2.07. The Balaban J connectivity index is 0.992. The van der Waals surface area contributed by atoms with Crippen LogP contribution < -0.4 is 19.7 Å². The Morgan fingerprint density at radius 1 is 0.915 bits per heavy atom. The van der Waals surface area contributed by atoms with Crippen molar-refractivity contribution in [1.29, 1.82) is 0 Å². The van der Waals surface area contributed by atoms with Crippen LogP contribution in [0.2, 0.25) is 5.02 Å². The molecular formula is C47H55ClN6O4S. The molecule has 0 saturated carbocycles. The molecule has 4 aromatic carbocycles. The zero-order chi connectivity index (χ0) is 41.3. The van der Waals surface area contributed by atoms with E-state index >= 15 is 0 Å². The summed E-state index contributed by atoms with van der Waals surface area (Å²) in [5.74, 6) is 0.0642. The number of allylic oxidation sites excluding steroid dienone is 1. The number of nitrogens with one attached hydrogen (secondary N) is 3. The maximum absolute atomic E-state index is 13.9. The molecule has 12 heteroatoms. The van der Waals surface area contributed by atoms with Crippen molar-refractivity contribution in [2.24, 2.45) is 5.41 Å². The molecule has 5 aromatic rings. The number of aryl methyl sites for hydroxylation is 1. The van der Waals surface area contributed by atoms with Crippen LogP contribution in [0, 0.1) is 12.3 Å². The number of hydrogen-bond donors (Lipinski definition) is 3. The third-order valence-corrected chi connectivity index (χ3v) is 13.9. The number of H-pyrrole nitrogens is 1. The minimum Gasteiger partial charge on any atom is -0.456 e. The topological polar surface area (TPSA) is 110 Å². The van der Waals surface area contributed by atoms with Gasteiger partial charge in [0.25, 0.3) is 15.9 Å². The van der Waals surface area contributed by atoms with Crippen molar-refractivity contribution < 1.29 is 17.9 Å². The first kappa shape index (κ1) is 40.9. The number of piperidine rings is 1. The standard InChI is InChI=1S/C47H55ClN6O4S/c1-32-27-40(11-14-43(32)50-37-17-21-52(4)22-18-37)59(56,57)51-46(55)41-12-9-38(29-45(41)58-39-10-13-44-34(28-39)16-20-49-44)54-25-23-53(24-26-54)31-35-15-19-47(2,3)30-42(35)33-5-7-36(48)8-6-33/h5-14,16,20,27-29,37,49-50H,15,17-19,21-26,30-31H2,1-4H3,(H,51,55). The number of rotatable bonds is 11. The van der Waals surface area contributed by atoms with E-state index in [2.05, 4.69) is 62.8 Å². The number of carbonyl (C=O) groups excluding carboxylic acids is 1. The van der Waals surface area contributed by atoms with Gasteiger partial charge in [-0.2, -0.15) is 0 Å². The molecule has 10 nitrogen and oxygen atoms in total. The number of anilines is 2. The fraction of sp³-hybridized carbons (Fsp3) is 0.383. The summed E-state index contributed by atoms with van der Waals surface area (Å²) in [6, 6.07) is 26.6. The van der Waals surface area contributed by atoms with E-state index in [4.69, 9.17) is 16.3 Å². The first-order valence-electron chi connectivity index (χ1n) is 20.7. The average molecular weight is 836 g/mol. The Labute approximate surface area is 353 Å². The lowest BCUT2D eigenvalue weighted by atomic mass is 9.72. The lowest BCUT2D eigenvalue weighted by molar-refractivity contribution is 0.0979. The number of sulfonamides is 1. The number of hydrogen-bond acceptors (Lipinski definition) is 8. The molecule has 3 heterocycles. The fourth-order valence-electron chi connectivity index (χ4n) is 8.67. The molecule has 0 spiro atoms. The third-order valence-electron chi connectivity index (χ3n) is 12.3. The fourth-order valence-corrected chi connectivity index (χ4v) is 9.85. The number of piperazine rings is 1. The summed E-state index contributed by atoms with van der Waals surface area (Å²) in [6.45, 7) is 12.9. The minimum atomic E-state index is -4.20. The average Bonchev–Trinajstić information content (AvgIpc) is 3.69. The number of nitrogens with zero attached hydrogens (tertiary/aromatic N) is 3. The number of benzene rings is 4. The molecule has 0 bridgehead atoms. The number of aromatic nitrogens is 1. The molecule has 2 fully saturated rings. The SMILES string of the molecule is Cc1cc(S(=O)(=O)NC(=O)c2ccc(N3CCN(CC4=C(c5ccc(Cl)cc5)CC(C)(C)CC4)CC3)cc2Oc2ccc3[nH]ccc3c2)ccc1NC1CCN(C)CC1. The highest BCUT2D eigenvalue weighted by molar-refractivity contribution is 7.90. The van der Waals surface area contributed by atoms with Crippen LogP contribution in [0.4, 0.5) is 11.4 Å². The number of halogens is 1. The van der Waals surface area contributed by atoms with Gasteiger partial charge >= 0.3 is 0 Å². The predicted molar refractivity (Wildman–Crippen MR) is 239 cm³/mol. The number of aromatic amines is 1. The highest BCUT2D eigenvalue weighted by Gasteiger charge is 2.30. The Morgan fingerprint density at radius 3 is 2.42 bits per heavy atom. The predicted octanol–water partition coefficient (Wildman–Crippen LogP) is 9.33. The van der Waals surface area contributed by atoms with Crippen LogP contribution in [0.1, 0.15) is 67.4 Å². The van der Waals surface area contributed by atoms with Gasteiger partial charge in [0.15, 0.2) is 0 Å². The molecule has 3 N–H and O–H groups in total. The number of fused-ring (bicyclic) bond motifs is 1. The molecule has 8 rings (SSSR count). The molecule has 59 heavy (non-hydrogen) atoms. The van der Waals surface area contributed by atoms with Gasteiger partial charge in [0.05, 0.1) is 10.5 Å². The van der Waals surface area contributed by atoms with Gasteiger partial charge in [0, 0.05) is 78.3 Å². The van der Waals surface area contributed by atoms with Crippen LogP contribution in [-0.4, -0.2) is 88.0 Å². The van der Waals surface area contributed by atoms with Crippen molar-refractivity contribution in [2.75, 3.05) is 63.1 Å². The van der Waals surface area contributed by atoms with Gasteiger partial charge in [-0.25, -0.2) is 13.1 Å². The van der Waals surface area contributed by atoms with E-state index in [0.29, 0.717) is 11.8 Å². The second-order valence-electron chi connectivity index (χ2n) is 17.3. The molecule has 1 aliphatic carbocycles. The summed E-state index contributed by atoms with van der Waals surface area (Å²) in [5.41, 5.74) is 8.17. The molecule has 0 atom stereocenters. The molecule has 1 aromatic heterocycles. The zero-order valence-electron chi connectivity index (χ0n) is 34.5. The molecule has 2 saturated heterocycles. The van der Waals surface area contributed by atoms with Gasteiger partial charge in [0.1, 0.15) is 11.5 Å². The van der Waals surface area contributed by atoms with Crippen molar-refractivity contribution in [3.8, 4) is 11.5 Å². The van der Waals surface area contributed by atoms with E-state index in [1.54, 1.807) is 24.3 Å². The van der Waals surface area contributed by atoms with Crippen LogP contribution in [0.5, 0.6) is 11.5 Å². The maximum atomic E-state index is 13.9. The Morgan fingerprint density at radius 2 is 1.68 bits per heavy atom. The molecule has 0 radical (unpaired) electrons. The quantitative estimate of drug-likeness (QED) is 0.121. The number of carbonyl (C=O) groups is 1. The van der Waals surface area contributed by atoms with Crippen LogP contribution in [0.25, 0.3) is 16.5 Å². The molecule has 0 unspecified atom stereocenters. The second kappa shape index (κ2) is 17.0. The van der Waals surface area contributed by atoms with E-state index in [9.17, 15) is 13.2 Å². The van der Waals surface area contributed by atoms with Gasteiger partial charge < -0.3 is 24.8 Å². The van der Waals surface area contributed by atoms with Crippen LogP contribution >= 0.6 is 11.6 Å². The zero-order valence-corrected chi connectivity index (χ0v) is 36.1. The van der Waals surface area contributed by atoms with E-state index in [0.717, 1.165) is 104 Å². The van der Waals surface area contributed by atoms with Gasteiger partial charge in [0.2, 0.25) is 0 Å². The van der Waals surface area contributed by atoms with Gasteiger partial charge in [-0.15, -0.1) is 0 Å². The van der Waals surface area contributed by atoms with E-state index in [-0.39, 0.29) is 21.6 Å². The van der Waals surface area contributed by atoms with Crippen molar-refractivity contribution in [2.45, 2.75) is 63.8 Å². The third kappa shape index (κ3) is 9.65. The highest BCUT2D eigenvalue weighted by atomic mass is 35.5. The molecule has 2 aliphatic heterocycles. The van der Waals surface area contributed by atoms with E-state index < -0.39 is 15.9 Å². The molecule has 310 valence electrons. The molecule has 1 amide bonds. The lowest BCUT2D eigenvalue weighted by Gasteiger charge is -2.39. The van der Waals surface area contributed by atoms with Crippen molar-refractivity contribution in [1.82, 2.24) is 19.5 Å². The summed E-state index contributed by atoms with van der Waals surface area (Å²) in [6.07, 6.45) is 7.21. The molecule has 3 aliphatic rings. The largest absolute Gasteiger partial charge is 0.456 e. The number of amides is 1. The Bertz CT molecular complexity index is 2460. The normalized spacial score (nSPS) is 18.3. The van der Waals surface area contributed by atoms with Crippen molar-refractivity contribution in [3.63, 3.8) is 0 Å². The van der Waals surface area contributed by atoms with E-state index in [1.165, 1.54) is 23.1 Å². The monoisotopic (exact) mass is 834 g/mol. The van der Waals surface area contributed by atoms with Crippen LogP contribution in [0.3, 0.4) is 0 Å². The van der Waals surface area contributed by atoms with Gasteiger partial charge in [-0.3, -0.25) is 9.69 Å². The minimum absolute atomic E-state index is 0.0279. The second-order valence-corrected chi connectivity index (χ2v) is 19.5. The molecular weight excluding hydrogens is 780 g/mol. The maximum Gasteiger partial charge on any atom is 0.268 e. The van der Waals surface area contributed by atoms with Crippen LogP contribution in [0.15, 0.2) is 102 Å². The van der Waals surface area contributed by atoms with Gasteiger partial charge in [-0.1, -0.05) is 43.2 Å². The van der Waals surface area contributed by atoms with Gasteiger partial charge in [-0.05, 0) is 148 Å². The lowest BCUT2D eigenvalue weighted by Crippen LogP contribution is -2.47. The number of ether oxygens (including phenoxy) is 1. The highest BCUT2D eigenvalue weighted by Crippen LogP contribution is 2.43. The smallest absolute Gasteiger partial charge is 0.268 e. The van der Waals surface area contributed by atoms with Crippen molar-refractivity contribution in [3.05, 3.63) is 118 Å². The Kier molecular flexibility index (Phi) is 11.8. The summed E-state index contributed by atoms with van der Waals surface area (Å²) in [4.78, 5) is 24.3. The first-order valence-corrected chi connectivity index (χ1v) is 22.6. The summed E-state index contributed by atoms with van der Waals surface area (Å²) in [5, 5.41) is 5.29. The first-order chi connectivity index (χ1) is 28.3. The summed E-state index contributed by atoms with van der Waals surface area (Å²) < 4.78 is 36.2. The summed E-state index contributed by atoms with van der Waals surface area (Å²) >= 11 is 6.25. The van der Waals surface area contributed by atoms with Crippen LogP contribution in [-0.2, 0) is 10.0 Å². The Hall–Kier alpha value is -4.81.